The number of hydrogen-bond donors (Lipinski definition) is 2. The molecule has 2 N–H and O–H groups in total. The molecule has 1 heterocycles. The first-order valence-corrected chi connectivity index (χ1v) is 7.55. The van der Waals surface area contributed by atoms with Crippen LogP contribution in [0, 0.1) is 0 Å². The second-order valence-corrected chi connectivity index (χ2v) is 5.14. The summed E-state index contributed by atoms with van der Waals surface area (Å²) in [7, 11) is 1.62. The molecule has 1 aromatic rings. The number of rotatable bonds is 6. The minimum atomic E-state index is -0.0524. The molecule has 2 rings (SSSR count). The van der Waals surface area contributed by atoms with Crippen molar-refractivity contribution in [3.05, 3.63) is 23.8 Å². The third-order valence-corrected chi connectivity index (χ3v) is 3.62. The van der Waals surface area contributed by atoms with E-state index >= 15 is 0 Å². The summed E-state index contributed by atoms with van der Waals surface area (Å²) < 4.78 is 10.8. The predicted octanol–water partition coefficient (Wildman–Crippen LogP) is 2.27. The van der Waals surface area contributed by atoms with E-state index in [1.54, 1.807) is 7.11 Å². The van der Waals surface area contributed by atoms with Crippen LogP contribution in [0.3, 0.4) is 0 Å². The van der Waals surface area contributed by atoms with Gasteiger partial charge >= 0.3 is 0 Å². The standard InChI is InChI=1S/C16H24N2O3.ClH/c1-3-21-15-10-12(7-8-14(15)20-2)11-18-16(19)13-6-4-5-9-17-13;/h7-8,10,13,17H,3-6,9,11H2,1-2H3,(H,18,19);1H. The third kappa shape index (κ3) is 5.07. The number of carbonyl (C=O) groups is 1. The molecule has 1 amide bonds. The van der Waals surface area contributed by atoms with Crippen molar-refractivity contribution < 1.29 is 14.3 Å². The zero-order valence-corrected chi connectivity index (χ0v) is 14.0. The van der Waals surface area contributed by atoms with Crippen LogP contribution in [0.25, 0.3) is 0 Å². The molecule has 1 saturated heterocycles. The molecule has 1 aliphatic heterocycles. The van der Waals surface area contributed by atoms with Gasteiger partial charge in [-0.25, -0.2) is 0 Å². The second-order valence-electron chi connectivity index (χ2n) is 5.14. The van der Waals surface area contributed by atoms with Crippen LogP contribution in [-0.2, 0) is 11.3 Å². The van der Waals surface area contributed by atoms with Crippen LogP contribution in [0.4, 0.5) is 0 Å². The smallest absolute Gasteiger partial charge is 0.237 e. The van der Waals surface area contributed by atoms with Crippen LogP contribution in [-0.4, -0.2) is 32.2 Å². The van der Waals surface area contributed by atoms with Crippen molar-refractivity contribution in [3.63, 3.8) is 0 Å². The lowest BCUT2D eigenvalue weighted by Gasteiger charge is -2.22. The summed E-state index contributed by atoms with van der Waals surface area (Å²) in [5.74, 6) is 1.49. The first-order chi connectivity index (χ1) is 10.2. The molecule has 1 fully saturated rings. The molecule has 1 aliphatic rings. The first kappa shape index (κ1) is 18.6. The van der Waals surface area contributed by atoms with Crippen molar-refractivity contribution >= 4 is 18.3 Å². The summed E-state index contributed by atoms with van der Waals surface area (Å²) in [5, 5.41) is 6.23. The van der Waals surface area contributed by atoms with Gasteiger partial charge in [-0.2, -0.15) is 0 Å². The Morgan fingerprint density at radius 1 is 1.36 bits per heavy atom. The van der Waals surface area contributed by atoms with Crippen molar-refractivity contribution in [3.8, 4) is 11.5 Å². The number of carbonyl (C=O) groups excluding carboxylic acids is 1. The van der Waals surface area contributed by atoms with Gasteiger partial charge in [0.25, 0.3) is 0 Å². The lowest BCUT2D eigenvalue weighted by atomic mass is 10.0. The molecule has 6 heteroatoms. The van der Waals surface area contributed by atoms with Crippen molar-refractivity contribution in [1.29, 1.82) is 0 Å². The normalized spacial score (nSPS) is 17.3. The Balaban J connectivity index is 0.00000242. The average molecular weight is 329 g/mol. The molecule has 124 valence electrons. The monoisotopic (exact) mass is 328 g/mol. The fourth-order valence-electron chi connectivity index (χ4n) is 2.49. The van der Waals surface area contributed by atoms with Gasteiger partial charge in [-0.15, -0.1) is 12.4 Å². The number of methoxy groups -OCH3 is 1. The number of hydrogen-bond acceptors (Lipinski definition) is 4. The molecule has 0 spiro atoms. The van der Waals surface area contributed by atoms with Gasteiger partial charge in [0.1, 0.15) is 0 Å². The summed E-state index contributed by atoms with van der Waals surface area (Å²) in [6, 6.07) is 5.67. The zero-order valence-electron chi connectivity index (χ0n) is 13.2. The van der Waals surface area contributed by atoms with Crippen molar-refractivity contribution in [2.45, 2.75) is 38.8 Å². The van der Waals surface area contributed by atoms with E-state index in [1.165, 1.54) is 0 Å². The van der Waals surface area contributed by atoms with Crippen LogP contribution in [0.2, 0.25) is 0 Å². The Hall–Kier alpha value is -1.46. The Morgan fingerprint density at radius 3 is 2.82 bits per heavy atom. The van der Waals surface area contributed by atoms with E-state index in [4.69, 9.17) is 9.47 Å². The molecular weight excluding hydrogens is 304 g/mol. The van der Waals surface area contributed by atoms with Crippen molar-refractivity contribution in [2.24, 2.45) is 0 Å². The van der Waals surface area contributed by atoms with E-state index in [0.717, 1.165) is 31.4 Å². The van der Waals surface area contributed by atoms with E-state index in [0.29, 0.717) is 24.7 Å². The molecule has 1 unspecified atom stereocenters. The summed E-state index contributed by atoms with van der Waals surface area (Å²) in [4.78, 5) is 12.1. The van der Waals surface area contributed by atoms with Gasteiger partial charge in [0.05, 0.1) is 19.8 Å². The maximum Gasteiger partial charge on any atom is 0.237 e. The topological polar surface area (TPSA) is 59.6 Å². The molecule has 0 bridgehead atoms. The van der Waals surface area contributed by atoms with E-state index in [9.17, 15) is 4.79 Å². The highest BCUT2D eigenvalue weighted by molar-refractivity contribution is 5.85. The van der Waals surface area contributed by atoms with Crippen molar-refractivity contribution in [1.82, 2.24) is 10.6 Å². The van der Waals surface area contributed by atoms with E-state index in [-0.39, 0.29) is 24.4 Å². The van der Waals surface area contributed by atoms with Crippen molar-refractivity contribution in [2.75, 3.05) is 20.3 Å². The fourth-order valence-corrected chi connectivity index (χ4v) is 2.49. The van der Waals surface area contributed by atoms with Crippen LogP contribution in [0.15, 0.2) is 18.2 Å². The Bertz CT molecular complexity index is 476. The molecule has 0 aromatic heterocycles. The number of amides is 1. The lowest BCUT2D eigenvalue weighted by molar-refractivity contribution is -0.123. The Kier molecular flexibility index (Phi) is 8.06. The summed E-state index contributed by atoms with van der Waals surface area (Å²) in [6.07, 6.45) is 3.18. The molecule has 0 radical (unpaired) electrons. The fraction of sp³-hybridized carbons (Fsp3) is 0.562. The van der Waals surface area contributed by atoms with Gasteiger partial charge in [0, 0.05) is 6.54 Å². The molecule has 1 atom stereocenters. The predicted molar refractivity (Wildman–Crippen MR) is 88.9 cm³/mol. The summed E-state index contributed by atoms with van der Waals surface area (Å²) >= 11 is 0. The van der Waals surface area contributed by atoms with Gasteiger partial charge in [-0.1, -0.05) is 12.5 Å². The minimum absolute atomic E-state index is 0. The zero-order chi connectivity index (χ0) is 15.1. The number of nitrogens with one attached hydrogen (secondary N) is 2. The second kappa shape index (κ2) is 9.54. The van der Waals surface area contributed by atoms with Gasteiger partial charge in [0.2, 0.25) is 5.91 Å². The van der Waals surface area contributed by atoms with Gasteiger partial charge < -0.3 is 20.1 Å². The minimum Gasteiger partial charge on any atom is -0.493 e. The summed E-state index contributed by atoms with van der Waals surface area (Å²) in [6.45, 7) is 3.94. The average Bonchev–Trinajstić information content (AvgIpc) is 2.54. The highest BCUT2D eigenvalue weighted by Gasteiger charge is 2.19. The quantitative estimate of drug-likeness (QED) is 0.841. The van der Waals surface area contributed by atoms with E-state index in [1.807, 2.05) is 25.1 Å². The molecule has 0 saturated carbocycles. The SMILES string of the molecule is CCOc1cc(CNC(=O)C2CCCCN2)ccc1OC.Cl. The number of ether oxygens (including phenoxy) is 2. The maximum atomic E-state index is 12.1. The lowest BCUT2D eigenvalue weighted by Crippen LogP contribution is -2.46. The number of benzene rings is 1. The van der Waals surface area contributed by atoms with Gasteiger partial charge in [-0.05, 0) is 44.0 Å². The van der Waals surface area contributed by atoms with Crippen LogP contribution < -0.4 is 20.1 Å². The summed E-state index contributed by atoms with van der Waals surface area (Å²) in [5.41, 5.74) is 1.00. The molecular formula is C16H25ClN2O3. The van der Waals surface area contributed by atoms with Crippen LogP contribution in [0.1, 0.15) is 31.7 Å². The first-order valence-electron chi connectivity index (χ1n) is 7.55. The van der Waals surface area contributed by atoms with Crippen LogP contribution >= 0.6 is 12.4 Å². The Morgan fingerprint density at radius 2 is 2.18 bits per heavy atom. The highest BCUT2D eigenvalue weighted by atomic mass is 35.5. The molecule has 0 aliphatic carbocycles. The van der Waals surface area contributed by atoms with Gasteiger partial charge in [0.15, 0.2) is 11.5 Å². The van der Waals surface area contributed by atoms with E-state index in [2.05, 4.69) is 10.6 Å². The van der Waals surface area contributed by atoms with E-state index < -0.39 is 0 Å². The third-order valence-electron chi connectivity index (χ3n) is 3.62. The maximum absolute atomic E-state index is 12.1. The molecule has 1 aromatic carbocycles. The molecule has 22 heavy (non-hydrogen) atoms. The van der Waals surface area contributed by atoms with Crippen LogP contribution in [0.5, 0.6) is 11.5 Å². The number of piperidine rings is 1. The molecule has 5 nitrogen and oxygen atoms in total. The largest absolute Gasteiger partial charge is 0.493 e. The number of halogens is 1. The van der Waals surface area contributed by atoms with Gasteiger partial charge in [-0.3, -0.25) is 4.79 Å². The Labute approximate surface area is 138 Å². The highest BCUT2D eigenvalue weighted by Crippen LogP contribution is 2.27.